The zero-order valence-electron chi connectivity index (χ0n) is 17.3. The van der Waals surface area contributed by atoms with Gasteiger partial charge in [-0.25, -0.2) is 9.59 Å². The number of carbonyl (C=O) groups is 3. The second kappa shape index (κ2) is 7.67. The summed E-state index contributed by atoms with van der Waals surface area (Å²) in [4.78, 5) is 39.0. The van der Waals surface area contributed by atoms with Gasteiger partial charge < -0.3 is 29.7 Å². The third-order valence-electron chi connectivity index (χ3n) is 4.95. The first kappa shape index (κ1) is 20.3. The van der Waals surface area contributed by atoms with E-state index in [0.29, 0.717) is 43.3 Å². The Kier molecular flexibility index (Phi) is 5.19. The van der Waals surface area contributed by atoms with E-state index in [4.69, 9.17) is 14.2 Å². The van der Waals surface area contributed by atoms with E-state index in [1.165, 1.54) is 4.90 Å². The number of benzene rings is 1. The normalized spacial score (nSPS) is 21.4. The number of carbonyl (C=O) groups excluding carboxylic acids is 3. The monoisotopic (exact) mass is 418 g/mol. The average Bonchev–Trinajstić information content (AvgIpc) is 2.99. The Bertz CT molecular complexity index is 861. The molecule has 1 aromatic carbocycles. The number of hydrogen-bond acceptors (Lipinski definition) is 7. The third-order valence-corrected chi connectivity index (χ3v) is 4.95. The highest BCUT2D eigenvalue weighted by Gasteiger charge is 2.36. The summed E-state index contributed by atoms with van der Waals surface area (Å²) in [6, 6.07) is 5.33. The van der Waals surface area contributed by atoms with Crippen LogP contribution >= 0.6 is 0 Å². The van der Waals surface area contributed by atoms with Gasteiger partial charge in [0.2, 0.25) is 0 Å². The molecular formula is C20H26N4O6. The van der Waals surface area contributed by atoms with Gasteiger partial charge in [-0.1, -0.05) is 0 Å². The molecule has 1 atom stereocenters. The number of nitrogens with zero attached hydrogens (tertiary/aromatic N) is 2. The highest BCUT2D eigenvalue weighted by Crippen LogP contribution is 2.33. The molecule has 3 aliphatic heterocycles. The highest BCUT2D eigenvalue weighted by molar-refractivity contribution is 5.97. The van der Waals surface area contributed by atoms with Crippen molar-refractivity contribution in [1.82, 2.24) is 10.2 Å². The molecule has 1 unspecified atom stereocenters. The van der Waals surface area contributed by atoms with Crippen LogP contribution < -0.4 is 20.3 Å². The lowest BCUT2D eigenvalue weighted by molar-refractivity contribution is -0.118. The number of amides is 3. The molecule has 4 rings (SSSR count). The number of likely N-dealkylation sites (tertiary alicyclic amines) is 1. The number of nitrogens with one attached hydrogen (secondary N) is 2. The second-order valence-electron chi connectivity index (χ2n) is 8.62. The van der Waals surface area contributed by atoms with Crippen molar-refractivity contribution in [3.05, 3.63) is 18.2 Å². The van der Waals surface area contributed by atoms with E-state index in [1.807, 2.05) is 20.8 Å². The first-order valence-corrected chi connectivity index (χ1v) is 9.94. The fourth-order valence-corrected chi connectivity index (χ4v) is 3.46. The topological polar surface area (TPSA) is 109 Å². The van der Waals surface area contributed by atoms with E-state index in [1.54, 1.807) is 23.1 Å². The summed E-state index contributed by atoms with van der Waals surface area (Å²) in [5.74, 6) is 0.343. The van der Waals surface area contributed by atoms with Crippen LogP contribution in [0.3, 0.4) is 0 Å². The summed E-state index contributed by atoms with van der Waals surface area (Å²) in [6.07, 6.45) is -1.06. The van der Waals surface area contributed by atoms with Crippen molar-refractivity contribution < 1.29 is 28.6 Å². The second-order valence-corrected chi connectivity index (χ2v) is 8.62. The van der Waals surface area contributed by atoms with Crippen molar-refractivity contribution in [2.24, 2.45) is 0 Å². The minimum atomic E-state index is -0.511. The molecule has 3 heterocycles. The molecule has 10 nitrogen and oxygen atoms in total. The largest absolute Gasteiger partial charge is 0.482 e. The lowest BCUT2D eigenvalue weighted by Crippen LogP contribution is -2.61. The van der Waals surface area contributed by atoms with Gasteiger partial charge in [-0.2, -0.15) is 0 Å². The molecule has 3 amide bonds. The number of anilines is 2. The molecule has 0 radical (unpaired) electrons. The number of fused-ring (bicyclic) bond motifs is 1. The predicted octanol–water partition coefficient (Wildman–Crippen LogP) is 1.55. The van der Waals surface area contributed by atoms with Gasteiger partial charge in [0.05, 0.1) is 12.2 Å². The zero-order valence-corrected chi connectivity index (χ0v) is 17.3. The van der Waals surface area contributed by atoms with E-state index in [9.17, 15) is 14.4 Å². The highest BCUT2D eigenvalue weighted by atomic mass is 16.6. The Morgan fingerprint density at radius 2 is 2.03 bits per heavy atom. The maximum Gasteiger partial charge on any atom is 0.414 e. The molecule has 1 aromatic rings. The number of hydrogen-bond donors (Lipinski definition) is 2. The summed E-state index contributed by atoms with van der Waals surface area (Å²) < 4.78 is 16.1. The van der Waals surface area contributed by atoms with Crippen LogP contribution in [0.1, 0.15) is 20.8 Å². The molecule has 30 heavy (non-hydrogen) atoms. The maximum atomic E-state index is 12.3. The molecule has 0 aromatic heterocycles. The van der Waals surface area contributed by atoms with E-state index in [0.717, 1.165) is 0 Å². The summed E-state index contributed by atoms with van der Waals surface area (Å²) in [5, 5.41) is 6.06. The van der Waals surface area contributed by atoms with Crippen LogP contribution in [0.5, 0.6) is 5.75 Å². The average molecular weight is 418 g/mol. The summed E-state index contributed by atoms with van der Waals surface area (Å²) in [5.41, 5.74) is 0.657. The van der Waals surface area contributed by atoms with Crippen LogP contribution in [0.15, 0.2) is 18.2 Å². The van der Waals surface area contributed by atoms with Gasteiger partial charge in [-0.05, 0) is 39.0 Å². The zero-order chi connectivity index (χ0) is 21.5. The van der Waals surface area contributed by atoms with Crippen LogP contribution in [-0.4, -0.2) is 73.5 Å². The van der Waals surface area contributed by atoms with Crippen molar-refractivity contribution in [3.8, 4) is 5.75 Å². The molecular weight excluding hydrogens is 392 g/mol. The van der Waals surface area contributed by atoms with E-state index in [2.05, 4.69) is 10.6 Å². The van der Waals surface area contributed by atoms with Crippen molar-refractivity contribution in [2.75, 3.05) is 43.0 Å². The Balaban J connectivity index is 1.26. The predicted molar refractivity (Wildman–Crippen MR) is 108 cm³/mol. The van der Waals surface area contributed by atoms with Gasteiger partial charge in [0.1, 0.15) is 17.5 Å². The standard InChI is InChI=1S/C20H26N4O6/c1-20(2,3)30-18(26)23-8-12(9-23)21-7-14-10-24(19(27)29-14)13-4-5-16-15(6-13)22-17(25)11-28-16/h4-6,12,14,21H,7-11H2,1-3H3,(H,22,25). The minimum absolute atomic E-state index is 0.0155. The number of ether oxygens (including phenoxy) is 3. The van der Waals surface area contributed by atoms with Gasteiger partial charge in [-0.3, -0.25) is 9.69 Å². The molecule has 0 spiro atoms. The minimum Gasteiger partial charge on any atom is -0.482 e. The summed E-state index contributed by atoms with van der Waals surface area (Å²) in [6.45, 7) is 7.49. The van der Waals surface area contributed by atoms with Crippen LogP contribution in [0, 0.1) is 0 Å². The summed E-state index contributed by atoms with van der Waals surface area (Å²) >= 11 is 0. The molecule has 0 saturated carbocycles. The Hall–Kier alpha value is -3.01. The van der Waals surface area contributed by atoms with Crippen molar-refractivity contribution >= 4 is 29.5 Å². The Labute approximate surface area is 174 Å². The van der Waals surface area contributed by atoms with Crippen LogP contribution in [-0.2, 0) is 14.3 Å². The Morgan fingerprint density at radius 3 is 2.77 bits per heavy atom. The van der Waals surface area contributed by atoms with E-state index < -0.39 is 11.7 Å². The lowest BCUT2D eigenvalue weighted by atomic mass is 10.1. The fraction of sp³-hybridized carbons (Fsp3) is 0.550. The quantitative estimate of drug-likeness (QED) is 0.764. The van der Waals surface area contributed by atoms with Gasteiger partial charge in [0.15, 0.2) is 6.61 Å². The van der Waals surface area contributed by atoms with Gasteiger partial charge in [-0.15, -0.1) is 0 Å². The first-order chi connectivity index (χ1) is 14.2. The van der Waals surface area contributed by atoms with Gasteiger partial charge >= 0.3 is 12.2 Å². The van der Waals surface area contributed by atoms with Crippen molar-refractivity contribution in [2.45, 2.75) is 38.5 Å². The first-order valence-electron chi connectivity index (χ1n) is 9.94. The molecule has 10 heteroatoms. The lowest BCUT2D eigenvalue weighted by Gasteiger charge is -2.40. The number of rotatable bonds is 4. The SMILES string of the molecule is CC(C)(C)OC(=O)N1CC(NCC2CN(c3ccc4c(c3)NC(=O)CO4)C(=O)O2)C1. The maximum absolute atomic E-state index is 12.3. The van der Waals surface area contributed by atoms with E-state index in [-0.39, 0.29) is 30.8 Å². The van der Waals surface area contributed by atoms with Crippen molar-refractivity contribution in [1.29, 1.82) is 0 Å². The summed E-state index contributed by atoms with van der Waals surface area (Å²) in [7, 11) is 0. The molecule has 3 aliphatic rings. The fourth-order valence-electron chi connectivity index (χ4n) is 3.46. The molecule has 2 N–H and O–H groups in total. The Morgan fingerprint density at radius 1 is 1.27 bits per heavy atom. The smallest absolute Gasteiger partial charge is 0.414 e. The van der Waals surface area contributed by atoms with Gasteiger partial charge in [0, 0.05) is 31.4 Å². The molecule has 2 saturated heterocycles. The van der Waals surface area contributed by atoms with Crippen LogP contribution in [0.2, 0.25) is 0 Å². The van der Waals surface area contributed by atoms with Crippen LogP contribution in [0.4, 0.5) is 21.0 Å². The van der Waals surface area contributed by atoms with Gasteiger partial charge in [0.25, 0.3) is 5.91 Å². The molecule has 162 valence electrons. The molecule has 0 aliphatic carbocycles. The third kappa shape index (κ3) is 4.43. The molecule has 2 fully saturated rings. The van der Waals surface area contributed by atoms with Crippen LogP contribution in [0.25, 0.3) is 0 Å². The van der Waals surface area contributed by atoms with Crippen molar-refractivity contribution in [3.63, 3.8) is 0 Å². The molecule has 0 bridgehead atoms. The number of cyclic esters (lactones) is 1. The van der Waals surface area contributed by atoms with E-state index >= 15 is 0 Å².